The Morgan fingerprint density at radius 1 is 1.13 bits per heavy atom. The average molecular weight is 314 g/mol. The van der Waals surface area contributed by atoms with Crippen molar-refractivity contribution >= 4 is 11.9 Å². The number of hydrogen-bond donors (Lipinski definition) is 2. The van der Waals surface area contributed by atoms with Gasteiger partial charge in [-0.05, 0) is 31.0 Å². The number of carboxylic acid groups (broad SMARTS) is 2. The van der Waals surface area contributed by atoms with Gasteiger partial charge in [-0.2, -0.15) is 0 Å². The maximum atomic E-state index is 11.8. The molecule has 5 nitrogen and oxygen atoms in total. The summed E-state index contributed by atoms with van der Waals surface area (Å²) in [4.78, 5) is 23.1. The zero-order chi connectivity index (χ0) is 17.0. The van der Waals surface area contributed by atoms with E-state index in [1.165, 1.54) is 13.2 Å². The van der Waals surface area contributed by atoms with Gasteiger partial charge in [-0.3, -0.25) is 4.79 Å². The van der Waals surface area contributed by atoms with E-state index in [1.807, 2.05) is 13.0 Å². The lowest BCUT2D eigenvalue weighted by Crippen LogP contribution is -2.17. The molecular formula is C18H18O5. The lowest BCUT2D eigenvalue weighted by molar-refractivity contribution is -0.138. The molecule has 0 aliphatic rings. The van der Waals surface area contributed by atoms with Gasteiger partial charge in [0.15, 0.2) is 0 Å². The predicted molar refractivity (Wildman–Crippen MR) is 85.2 cm³/mol. The van der Waals surface area contributed by atoms with Crippen molar-refractivity contribution in [3.05, 3.63) is 64.7 Å². The Morgan fingerprint density at radius 3 is 2.43 bits per heavy atom. The molecule has 0 aromatic heterocycles. The van der Waals surface area contributed by atoms with E-state index in [-0.39, 0.29) is 12.0 Å². The predicted octanol–water partition coefficient (Wildman–Crippen LogP) is 3.11. The van der Waals surface area contributed by atoms with Crippen LogP contribution < -0.4 is 4.74 Å². The third-order valence-electron chi connectivity index (χ3n) is 3.73. The standard InChI is InChI=1S/C18H18O5/c1-11-7-8-16(23-2)14(9-11)15(18(21)22)10-12-5-3-4-6-13(12)17(19)20/h3-9,15H,10H2,1-2H3,(H,19,20)(H,21,22). The van der Waals surface area contributed by atoms with E-state index in [4.69, 9.17) is 4.74 Å². The van der Waals surface area contributed by atoms with Crippen molar-refractivity contribution in [3.63, 3.8) is 0 Å². The van der Waals surface area contributed by atoms with Crippen molar-refractivity contribution in [3.8, 4) is 5.75 Å². The highest BCUT2D eigenvalue weighted by molar-refractivity contribution is 5.89. The molecule has 0 heterocycles. The molecule has 0 amide bonds. The summed E-state index contributed by atoms with van der Waals surface area (Å²) in [5.41, 5.74) is 2.06. The summed E-state index contributed by atoms with van der Waals surface area (Å²) in [6.07, 6.45) is 0.0810. The van der Waals surface area contributed by atoms with E-state index < -0.39 is 17.9 Å². The molecule has 5 heteroatoms. The average Bonchev–Trinajstić information content (AvgIpc) is 2.52. The summed E-state index contributed by atoms with van der Waals surface area (Å²) >= 11 is 0. The monoisotopic (exact) mass is 314 g/mol. The molecule has 23 heavy (non-hydrogen) atoms. The van der Waals surface area contributed by atoms with E-state index in [2.05, 4.69) is 0 Å². The smallest absolute Gasteiger partial charge is 0.335 e. The summed E-state index contributed by atoms with van der Waals surface area (Å²) in [6.45, 7) is 1.87. The molecule has 0 fully saturated rings. The second-order valence-electron chi connectivity index (χ2n) is 5.30. The van der Waals surface area contributed by atoms with Gasteiger partial charge in [0, 0.05) is 5.56 Å². The molecule has 2 aromatic rings. The minimum atomic E-state index is -1.07. The third-order valence-corrected chi connectivity index (χ3v) is 3.73. The van der Waals surface area contributed by atoms with E-state index in [9.17, 15) is 19.8 Å². The van der Waals surface area contributed by atoms with Crippen LogP contribution in [0.15, 0.2) is 42.5 Å². The molecule has 2 aromatic carbocycles. The van der Waals surface area contributed by atoms with Gasteiger partial charge in [-0.15, -0.1) is 0 Å². The van der Waals surface area contributed by atoms with Crippen molar-refractivity contribution in [2.45, 2.75) is 19.3 Å². The molecule has 2 rings (SSSR count). The number of ether oxygens (including phenoxy) is 1. The number of aromatic carboxylic acids is 1. The van der Waals surface area contributed by atoms with Crippen LogP contribution in [-0.2, 0) is 11.2 Å². The first-order valence-electron chi connectivity index (χ1n) is 7.12. The zero-order valence-corrected chi connectivity index (χ0v) is 12.9. The highest BCUT2D eigenvalue weighted by Gasteiger charge is 2.25. The van der Waals surface area contributed by atoms with Crippen molar-refractivity contribution in [2.24, 2.45) is 0 Å². The molecule has 0 aliphatic carbocycles. The maximum absolute atomic E-state index is 11.8. The van der Waals surface area contributed by atoms with Crippen molar-refractivity contribution in [2.75, 3.05) is 7.11 Å². The summed E-state index contributed by atoms with van der Waals surface area (Å²) in [7, 11) is 1.48. The zero-order valence-electron chi connectivity index (χ0n) is 12.9. The van der Waals surface area contributed by atoms with Crippen LogP contribution in [0.5, 0.6) is 5.75 Å². The molecule has 0 aliphatic heterocycles. The van der Waals surface area contributed by atoms with Crippen molar-refractivity contribution < 1.29 is 24.5 Å². The molecule has 120 valence electrons. The van der Waals surface area contributed by atoms with Gasteiger partial charge in [-0.1, -0.05) is 35.9 Å². The summed E-state index contributed by atoms with van der Waals surface area (Å²) in [6, 6.07) is 11.8. The number of aliphatic carboxylic acids is 1. The number of hydrogen-bond acceptors (Lipinski definition) is 3. The van der Waals surface area contributed by atoms with Gasteiger partial charge in [0.1, 0.15) is 5.75 Å². The molecule has 0 spiro atoms. The Morgan fingerprint density at radius 2 is 1.83 bits per heavy atom. The molecule has 0 radical (unpaired) electrons. The fourth-order valence-corrected chi connectivity index (χ4v) is 2.58. The maximum Gasteiger partial charge on any atom is 0.335 e. The van der Waals surface area contributed by atoms with Crippen molar-refractivity contribution in [1.82, 2.24) is 0 Å². The molecule has 1 atom stereocenters. The van der Waals surface area contributed by atoms with E-state index in [0.29, 0.717) is 16.9 Å². The van der Waals surface area contributed by atoms with Crippen molar-refractivity contribution in [1.29, 1.82) is 0 Å². The first kappa shape index (κ1) is 16.5. The van der Waals surface area contributed by atoms with Gasteiger partial charge >= 0.3 is 11.9 Å². The van der Waals surface area contributed by atoms with Crippen LogP contribution in [0, 0.1) is 6.92 Å². The number of carbonyl (C=O) groups is 2. The second kappa shape index (κ2) is 6.96. The summed E-state index contributed by atoms with van der Waals surface area (Å²) in [5.74, 6) is -2.49. The number of benzene rings is 2. The first-order chi connectivity index (χ1) is 10.9. The van der Waals surface area contributed by atoms with Crippen LogP contribution in [0.2, 0.25) is 0 Å². The Kier molecular flexibility index (Phi) is 5.01. The van der Waals surface area contributed by atoms with Crippen LogP contribution in [-0.4, -0.2) is 29.3 Å². The van der Waals surface area contributed by atoms with Crippen LogP contribution >= 0.6 is 0 Å². The second-order valence-corrected chi connectivity index (χ2v) is 5.30. The fourth-order valence-electron chi connectivity index (χ4n) is 2.58. The van der Waals surface area contributed by atoms with Crippen LogP contribution in [0.1, 0.15) is 33.0 Å². The van der Waals surface area contributed by atoms with Crippen LogP contribution in [0.4, 0.5) is 0 Å². The summed E-state index contributed by atoms with van der Waals surface area (Å²) < 4.78 is 5.27. The Bertz CT molecular complexity index is 736. The normalized spacial score (nSPS) is 11.7. The van der Waals surface area contributed by atoms with Crippen LogP contribution in [0.3, 0.4) is 0 Å². The SMILES string of the molecule is COc1ccc(C)cc1C(Cc1ccccc1C(=O)O)C(=O)O. The molecule has 2 N–H and O–H groups in total. The summed E-state index contributed by atoms with van der Waals surface area (Å²) in [5, 5.41) is 18.9. The quantitative estimate of drug-likeness (QED) is 0.856. The molecule has 0 saturated carbocycles. The fraction of sp³-hybridized carbons (Fsp3) is 0.222. The Hall–Kier alpha value is -2.82. The largest absolute Gasteiger partial charge is 0.496 e. The number of carboxylic acids is 2. The van der Waals surface area contributed by atoms with E-state index in [0.717, 1.165) is 5.56 Å². The van der Waals surface area contributed by atoms with E-state index in [1.54, 1.807) is 30.3 Å². The molecule has 1 unspecified atom stereocenters. The van der Waals surface area contributed by atoms with Gasteiger partial charge < -0.3 is 14.9 Å². The van der Waals surface area contributed by atoms with Crippen LogP contribution in [0.25, 0.3) is 0 Å². The van der Waals surface area contributed by atoms with Gasteiger partial charge in [0.2, 0.25) is 0 Å². The number of rotatable bonds is 6. The molecular weight excluding hydrogens is 296 g/mol. The Labute approximate surface area is 134 Å². The minimum absolute atomic E-state index is 0.0810. The lowest BCUT2D eigenvalue weighted by atomic mass is 9.88. The Balaban J connectivity index is 2.48. The number of aryl methyl sites for hydroxylation is 1. The van der Waals surface area contributed by atoms with Gasteiger partial charge in [0.25, 0.3) is 0 Å². The highest BCUT2D eigenvalue weighted by Crippen LogP contribution is 2.31. The lowest BCUT2D eigenvalue weighted by Gasteiger charge is -2.18. The third kappa shape index (κ3) is 3.69. The molecule has 0 bridgehead atoms. The van der Waals surface area contributed by atoms with E-state index >= 15 is 0 Å². The topological polar surface area (TPSA) is 83.8 Å². The molecule has 0 saturated heterocycles. The highest BCUT2D eigenvalue weighted by atomic mass is 16.5. The first-order valence-corrected chi connectivity index (χ1v) is 7.12. The minimum Gasteiger partial charge on any atom is -0.496 e. The van der Waals surface area contributed by atoms with Gasteiger partial charge in [0.05, 0.1) is 18.6 Å². The number of methoxy groups -OCH3 is 1. The van der Waals surface area contributed by atoms with Gasteiger partial charge in [-0.25, -0.2) is 4.79 Å².